The van der Waals surface area contributed by atoms with E-state index in [-0.39, 0.29) is 29.7 Å². The SMILES string of the molecule is CCC(=O)C(CC)(CC)NC(=O)c1ccc(C2CC2)c(O[C@@H](CCO)C(F)(F)F)n1. The lowest BCUT2D eigenvalue weighted by atomic mass is 9.86. The van der Waals surface area contributed by atoms with Crippen LogP contribution in [0.5, 0.6) is 5.88 Å². The monoisotopic (exact) mass is 430 g/mol. The summed E-state index contributed by atoms with van der Waals surface area (Å²) in [5, 5.41) is 11.7. The lowest BCUT2D eigenvalue weighted by Crippen LogP contribution is -2.53. The number of hydrogen-bond acceptors (Lipinski definition) is 5. The van der Waals surface area contributed by atoms with Crippen LogP contribution in [0, 0.1) is 0 Å². The number of aliphatic hydroxyl groups excluding tert-OH is 1. The Hall–Kier alpha value is -2.16. The number of amides is 1. The number of ether oxygens (including phenoxy) is 1. The summed E-state index contributed by atoms with van der Waals surface area (Å²) in [5.41, 5.74) is -0.648. The van der Waals surface area contributed by atoms with Gasteiger partial charge in [0.05, 0.1) is 5.54 Å². The molecule has 0 spiro atoms. The van der Waals surface area contributed by atoms with Crippen molar-refractivity contribution >= 4 is 11.7 Å². The quantitative estimate of drug-likeness (QED) is 0.556. The van der Waals surface area contributed by atoms with E-state index >= 15 is 0 Å². The molecule has 0 aromatic carbocycles. The second-order valence-corrected chi connectivity index (χ2v) is 7.55. The number of alkyl halides is 3. The zero-order chi connectivity index (χ0) is 22.5. The zero-order valence-corrected chi connectivity index (χ0v) is 17.5. The molecule has 1 aliphatic rings. The maximum absolute atomic E-state index is 13.3. The number of rotatable bonds is 11. The minimum atomic E-state index is -4.68. The second kappa shape index (κ2) is 9.76. The van der Waals surface area contributed by atoms with E-state index < -0.39 is 36.8 Å². The molecule has 30 heavy (non-hydrogen) atoms. The Morgan fingerprint density at radius 1 is 1.23 bits per heavy atom. The Labute approximate surface area is 174 Å². The van der Waals surface area contributed by atoms with Gasteiger partial charge in [-0.1, -0.05) is 26.8 Å². The van der Waals surface area contributed by atoms with Crippen LogP contribution in [0.25, 0.3) is 0 Å². The molecule has 6 nitrogen and oxygen atoms in total. The molecule has 2 N–H and O–H groups in total. The molecular formula is C21H29F3N2O4. The van der Waals surface area contributed by atoms with Crippen molar-refractivity contribution in [3.05, 3.63) is 23.4 Å². The van der Waals surface area contributed by atoms with E-state index in [0.29, 0.717) is 18.4 Å². The van der Waals surface area contributed by atoms with E-state index in [2.05, 4.69) is 10.3 Å². The highest BCUT2D eigenvalue weighted by Gasteiger charge is 2.43. The van der Waals surface area contributed by atoms with Gasteiger partial charge >= 0.3 is 6.18 Å². The van der Waals surface area contributed by atoms with Crippen LogP contribution in [0.3, 0.4) is 0 Å². The molecule has 0 unspecified atom stereocenters. The number of pyridine rings is 1. The number of carbonyl (C=O) groups excluding carboxylic acids is 2. The van der Waals surface area contributed by atoms with Gasteiger partial charge in [-0.25, -0.2) is 4.98 Å². The molecular weight excluding hydrogens is 401 g/mol. The maximum atomic E-state index is 13.3. The minimum Gasteiger partial charge on any atom is -0.464 e. The Morgan fingerprint density at radius 3 is 2.33 bits per heavy atom. The number of halogens is 3. The van der Waals surface area contributed by atoms with Gasteiger partial charge in [0.15, 0.2) is 11.9 Å². The fraction of sp³-hybridized carbons (Fsp3) is 0.667. The minimum absolute atomic E-state index is 0.0414. The topological polar surface area (TPSA) is 88.5 Å². The van der Waals surface area contributed by atoms with E-state index in [0.717, 1.165) is 12.8 Å². The molecule has 9 heteroatoms. The fourth-order valence-corrected chi connectivity index (χ4v) is 3.43. The van der Waals surface area contributed by atoms with Gasteiger partial charge in [-0.05, 0) is 37.7 Å². The zero-order valence-electron chi connectivity index (χ0n) is 17.5. The van der Waals surface area contributed by atoms with Crippen LogP contribution >= 0.6 is 0 Å². The van der Waals surface area contributed by atoms with Crippen LogP contribution in [0.2, 0.25) is 0 Å². The van der Waals surface area contributed by atoms with Gasteiger partial charge in [0.2, 0.25) is 5.88 Å². The number of hydrogen-bond donors (Lipinski definition) is 2. The Balaban J connectivity index is 2.34. The third-order valence-corrected chi connectivity index (χ3v) is 5.56. The predicted octanol–water partition coefficient (Wildman–Crippen LogP) is 3.92. The van der Waals surface area contributed by atoms with E-state index in [1.54, 1.807) is 26.8 Å². The van der Waals surface area contributed by atoms with Gasteiger partial charge in [-0.2, -0.15) is 13.2 Å². The van der Waals surface area contributed by atoms with E-state index in [1.807, 2.05) is 0 Å². The molecule has 0 aliphatic heterocycles. The summed E-state index contributed by atoms with van der Waals surface area (Å²) in [4.78, 5) is 29.3. The summed E-state index contributed by atoms with van der Waals surface area (Å²) in [7, 11) is 0. The lowest BCUT2D eigenvalue weighted by molar-refractivity contribution is -0.199. The van der Waals surface area contributed by atoms with Crippen LogP contribution < -0.4 is 10.1 Å². The Kier molecular flexibility index (Phi) is 7.85. The smallest absolute Gasteiger partial charge is 0.425 e. The van der Waals surface area contributed by atoms with Crippen molar-refractivity contribution < 1.29 is 32.6 Å². The number of carbonyl (C=O) groups is 2. The fourth-order valence-electron chi connectivity index (χ4n) is 3.43. The normalized spacial score (nSPS) is 15.6. The van der Waals surface area contributed by atoms with Gasteiger partial charge in [0.1, 0.15) is 5.69 Å². The van der Waals surface area contributed by atoms with Crippen molar-refractivity contribution in [1.29, 1.82) is 0 Å². The van der Waals surface area contributed by atoms with E-state index in [4.69, 9.17) is 9.84 Å². The first-order valence-corrected chi connectivity index (χ1v) is 10.3. The first-order valence-electron chi connectivity index (χ1n) is 10.3. The van der Waals surface area contributed by atoms with Crippen LogP contribution in [-0.2, 0) is 4.79 Å². The van der Waals surface area contributed by atoms with Crippen molar-refractivity contribution in [1.82, 2.24) is 10.3 Å². The molecule has 1 amide bonds. The van der Waals surface area contributed by atoms with Crippen LogP contribution in [0.1, 0.15) is 81.3 Å². The van der Waals surface area contributed by atoms with Crippen molar-refractivity contribution in [3.8, 4) is 5.88 Å². The highest BCUT2D eigenvalue weighted by atomic mass is 19.4. The Bertz CT molecular complexity index is 759. The van der Waals surface area contributed by atoms with Gasteiger partial charge in [0, 0.05) is 25.0 Å². The molecule has 2 rings (SSSR count). The number of ketones is 1. The van der Waals surface area contributed by atoms with Crippen LogP contribution in [0.4, 0.5) is 13.2 Å². The number of nitrogens with one attached hydrogen (secondary N) is 1. The van der Waals surface area contributed by atoms with E-state index in [9.17, 15) is 22.8 Å². The molecule has 1 saturated carbocycles. The molecule has 0 saturated heterocycles. The molecule has 0 radical (unpaired) electrons. The summed E-state index contributed by atoms with van der Waals surface area (Å²) < 4.78 is 44.9. The number of nitrogens with zero attached hydrogens (tertiary/aromatic N) is 1. The summed E-state index contributed by atoms with van der Waals surface area (Å²) >= 11 is 0. The first-order chi connectivity index (χ1) is 14.1. The number of Topliss-reactive ketones (excluding diaryl/α,β-unsaturated/α-hetero) is 1. The molecule has 1 atom stereocenters. The average Bonchev–Trinajstić information content (AvgIpc) is 3.55. The summed E-state index contributed by atoms with van der Waals surface area (Å²) in [6, 6.07) is 3.00. The highest BCUT2D eigenvalue weighted by molar-refractivity contribution is 5.98. The molecule has 168 valence electrons. The van der Waals surface area contributed by atoms with Gasteiger partial charge < -0.3 is 15.2 Å². The second-order valence-electron chi connectivity index (χ2n) is 7.55. The molecule has 1 aliphatic carbocycles. The standard InChI is InChI=1S/C21H29F3N2O4/c1-4-16(28)20(5-2,6-3)26-18(29)15-10-9-14(13-7-8-13)19(25-15)30-17(11-12-27)21(22,23)24/h9-10,13,17,27H,4-8,11-12H2,1-3H3,(H,26,29)/t17-/m0/s1. The van der Waals surface area contributed by atoms with Crippen LogP contribution in [-0.4, -0.2) is 46.2 Å². The number of aliphatic hydroxyl groups is 1. The first kappa shape index (κ1) is 24.1. The maximum Gasteiger partial charge on any atom is 0.425 e. The molecule has 1 aromatic heterocycles. The van der Waals surface area contributed by atoms with E-state index in [1.165, 1.54) is 6.07 Å². The van der Waals surface area contributed by atoms with Gasteiger partial charge in [-0.15, -0.1) is 0 Å². The van der Waals surface area contributed by atoms with Crippen molar-refractivity contribution in [2.45, 2.75) is 83.0 Å². The molecule has 1 heterocycles. The summed E-state index contributed by atoms with van der Waals surface area (Å²) in [6.45, 7) is 4.59. The van der Waals surface area contributed by atoms with Gasteiger partial charge in [-0.3, -0.25) is 9.59 Å². The number of aromatic nitrogens is 1. The Morgan fingerprint density at radius 2 is 1.87 bits per heavy atom. The van der Waals surface area contributed by atoms with Crippen molar-refractivity contribution in [2.75, 3.05) is 6.61 Å². The van der Waals surface area contributed by atoms with Gasteiger partial charge in [0.25, 0.3) is 5.91 Å². The lowest BCUT2D eigenvalue weighted by Gasteiger charge is -2.31. The average molecular weight is 430 g/mol. The highest BCUT2D eigenvalue weighted by Crippen LogP contribution is 2.44. The van der Waals surface area contributed by atoms with Crippen LogP contribution in [0.15, 0.2) is 12.1 Å². The largest absolute Gasteiger partial charge is 0.464 e. The van der Waals surface area contributed by atoms with Crippen molar-refractivity contribution in [2.24, 2.45) is 0 Å². The molecule has 0 bridgehead atoms. The van der Waals surface area contributed by atoms with Crippen molar-refractivity contribution in [3.63, 3.8) is 0 Å². The summed E-state index contributed by atoms with van der Waals surface area (Å²) in [5.74, 6) is -0.966. The summed E-state index contributed by atoms with van der Waals surface area (Å²) in [6.07, 6.45) is -4.91. The third-order valence-electron chi connectivity index (χ3n) is 5.56. The predicted molar refractivity (Wildman–Crippen MR) is 104 cm³/mol. The molecule has 1 fully saturated rings. The molecule has 1 aromatic rings. The third kappa shape index (κ3) is 5.50.